The number of nitrogens with one attached hydrogen (secondary N) is 2. The van der Waals surface area contributed by atoms with Crippen LogP contribution in [0, 0.1) is 0 Å². The van der Waals surface area contributed by atoms with Gasteiger partial charge in [-0.3, -0.25) is 14.6 Å². The van der Waals surface area contributed by atoms with Gasteiger partial charge in [-0.25, -0.2) is 0 Å². The summed E-state index contributed by atoms with van der Waals surface area (Å²) in [5.41, 5.74) is 1.36. The number of carbonyl (C=O) groups excluding carboxylic acids is 2. The molecule has 6 nitrogen and oxygen atoms in total. The van der Waals surface area contributed by atoms with E-state index >= 15 is 0 Å². The van der Waals surface area contributed by atoms with Crippen LogP contribution >= 0.6 is 11.8 Å². The number of nitrogens with zero attached hydrogens (tertiary/aromatic N) is 1. The summed E-state index contributed by atoms with van der Waals surface area (Å²) in [6, 6.07) is 20.0. The fraction of sp³-hybridized carbons (Fsp3) is 0.136. The molecule has 0 saturated carbocycles. The molecule has 0 saturated heterocycles. The number of anilines is 2. The van der Waals surface area contributed by atoms with Gasteiger partial charge in [-0.2, -0.15) is 0 Å². The zero-order valence-corrected chi connectivity index (χ0v) is 16.7. The molecular weight excluding hydrogens is 386 g/mol. The van der Waals surface area contributed by atoms with Crippen LogP contribution in [-0.4, -0.2) is 28.7 Å². The minimum Gasteiger partial charge on any atom is -0.484 e. The fourth-order valence-corrected chi connectivity index (χ4v) is 3.37. The third-order valence-corrected chi connectivity index (χ3v) is 4.95. The van der Waals surface area contributed by atoms with E-state index in [-0.39, 0.29) is 23.7 Å². The molecule has 0 bridgehead atoms. The van der Waals surface area contributed by atoms with Crippen molar-refractivity contribution in [3.8, 4) is 5.75 Å². The monoisotopic (exact) mass is 407 g/mol. The lowest BCUT2D eigenvalue weighted by molar-refractivity contribution is -0.118. The third-order valence-electron chi connectivity index (χ3n) is 3.86. The highest BCUT2D eigenvalue weighted by Crippen LogP contribution is 2.26. The number of thioether (sulfide) groups is 1. The lowest BCUT2D eigenvalue weighted by atomic mass is 10.3. The summed E-state index contributed by atoms with van der Waals surface area (Å²) in [5.74, 6) is 0.285. The first-order chi connectivity index (χ1) is 14.1. The van der Waals surface area contributed by atoms with Crippen molar-refractivity contribution >= 4 is 35.0 Å². The average molecular weight is 407 g/mol. The van der Waals surface area contributed by atoms with Crippen LogP contribution in [0.4, 0.5) is 11.4 Å². The van der Waals surface area contributed by atoms with Crippen molar-refractivity contribution < 1.29 is 14.3 Å². The van der Waals surface area contributed by atoms with Gasteiger partial charge in [-0.05, 0) is 49.4 Å². The van der Waals surface area contributed by atoms with E-state index in [0.29, 0.717) is 17.1 Å². The third kappa shape index (κ3) is 6.65. The van der Waals surface area contributed by atoms with Crippen LogP contribution in [0.1, 0.15) is 6.92 Å². The Balaban J connectivity index is 1.52. The number of para-hydroxylation sites is 1. The average Bonchev–Trinajstić information content (AvgIpc) is 2.74. The molecule has 0 fully saturated rings. The summed E-state index contributed by atoms with van der Waals surface area (Å²) in [6.07, 6.45) is 3.25. The highest BCUT2D eigenvalue weighted by Gasteiger charge is 2.15. The molecule has 7 heteroatoms. The summed E-state index contributed by atoms with van der Waals surface area (Å²) in [6.45, 7) is 1.76. The highest BCUT2D eigenvalue weighted by molar-refractivity contribution is 8.00. The Bertz CT molecular complexity index is 952. The zero-order valence-electron chi connectivity index (χ0n) is 15.9. The van der Waals surface area contributed by atoms with Crippen LogP contribution in [-0.2, 0) is 9.59 Å². The van der Waals surface area contributed by atoms with Gasteiger partial charge in [0.05, 0.1) is 5.25 Å². The molecule has 148 valence electrons. The van der Waals surface area contributed by atoms with Crippen LogP contribution in [0.2, 0.25) is 0 Å². The second-order valence-electron chi connectivity index (χ2n) is 6.16. The number of ether oxygens (including phenoxy) is 1. The van der Waals surface area contributed by atoms with E-state index in [2.05, 4.69) is 15.6 Å². The van der Waals surface area contributed by atoms with Crippen molar-refractivity contribution in [2.75, 3.05) is 17.2 Å². The number of aromatic nitrogens is 1. The molecule has 1 aromatic heterocycles. The predicted octanol–water partition coefficient (Wildman–Crippen LogP) is 4.22. The second-order valence-corrected chi connectivity index (χ2v) is 7.58. The molecule has 1 unspecified atom stereocenters. The first-order valence-electron chi connectivity index (χ1n) is 9.05. The lowest BCUT2D eigenvalue weighted by Crippen LogP contribution is -2.22. The quantitative estimate of drug-likeness (QED) is 0.547. The molecular formula is C22H21N3O3S. The van der Waals surface area contributed by atoms with Crippen molar-refractivity contribution in [1.82, 2.24) is 4.98 Å². The molecule has 0 aliphatic carbocycles. The predicted molar refractivity (Wildman–Crippen MR) is 115 cm³/mol. The van der Waals surface area contributed by atoms with Crippen LogP contribution < -0.4 is 15.4 Å². The van der Waals surface area contributed by atoms with Gasteiger partial charge in [0, 0.05) is 28.7 Å². The van der Waals surface area contributed by atoms with Crippen LogP contribution in [0.3, 0.4) is 0 Å². The molecule has 29 heavy (non-hydrogen) atoms. The van der Waals surface area contributed by atoms with E-state index in [9.17, 15) is 9.59 Å². The number of carbonyl (C=O) groups is 2. The molecule has 3 rings (SSSR count). The maximum Gasteiger partial charge on any atom is 0.262 e. The number of amides is 2. The Morgan fingerprint density at radius 1 is 0.966 bits per heavy atom. The van der Waals surface area contributed by atoms with E-state index in [0.717, 1.165) is 4.90 Å². The lowest BCUT2D eigenvalue weighted by Gasteiger charge is -2.13. The first-order valence-corrected chi connectivity index (χ1v) is 9.93. The number of hydrogen-bond acceptors (Lipinski definition) is 5. The number of rotatable bonds is 8. The minimum atomic E-state index is -0.310. The van der Waals surface area contributed by atoms with Crippen molar-refractivity contribution in [3.63, 3.8) is 0 Å². The SMILES string of the molecule is CC(Sc1cccc(NC(=O)COc2ccccc2)c1)C(=O)Nc1ccncc1. The molecule has 2 amide bonds. The second kappa shape index (κ2) is 10.3. The molecule has 2 aromatic carbocycles. The normalized spacial score (nSPS) is 11.3. The number of pyridine rings is 1. The van der Waals surface area contributed by atoms with Gasteiger partial charge in [0.15, 0.2) is 6.61 Å². The minimum absolute atomic E-state index is 0.0773. The van der Waals surface area contributed by atoms with Crippen LogP contribution in [0.5, 0.6) is 5.75 Å². The first kappa shape index (κ1) is 20.4. The maximum atomic E-state index is 12.4. The van der Waals surface area contributed by atoms with Crippen molar-refractivity contribution in [3.05, 3.63) is 79.1 Å². The smallest absolute Gasteiger partial charge is 0.262 e. The molecule has 1 heterocycles. The van der Waals surface area contributed by atoms with Crippen molar-refractivity contribution in [2.45, 2.75) is 17.1 Å². The molecule has 0 aliphatic heterocycles. The topological polar surface area (TPSA) is 80.3 Å². The summed E-state index contributed by atoms with van der Waals surface area (Å²) < 4.78 is 5.45. The van der Waals surface area contributed by atoms with Gasteiger partial charge in [0.25, 0.3) is 5.91 Å². The van der Waals surface area contributed by atoms with Gasteiger partial charge >= 0.3 is 0 Å². The summed E-state index contributed by atoms with van der Waals surface area (Å²) in [7, 11) is 0. The van der Waals surface area contributed by atoms with Gasteiger partial charge in [-0.15, -0.1) is 11.8 Å². The van der Waals surface area contributed by atoms with E-state index < -0.39 is 0 Å². The Morgan fingerprint density at radius 3 is 2.48 bits per heavy atom. The molecule has 3 aromatic rings. The Morgan fingerprint density at radius 2 is 1.72 bits per heavy atom. The van der Waals surface area contributed by atoms with Crippen molar-refractivity contribution in [1.29, 1.82) is 0 Å². The Labute approximate surface area is 173 Å². The summed E-state index contributed by atoms with van der Waals surface area (Å²) in [5, 5.41) is 5.36. The van der Waals surface area contributed by atoms with Crippen LogP contribution in [0.25, 0.3) is 0 Å². The Hall–Kier alpha value is -3.32. The van der Waals surface area contributed by atoms with Gasteiger partial charge in [0.2, 0.25) is 5.91 Å². The fourth-order valence-electron chi connectivity index (χ4n) is 2.45. The van der Waals surface area contributed by atoms with E-state index in [1.165, 1.54) is 11.8 Å². The molecule has 0 spiro atoms. The van der Waals surface area contributed by atoms with Gasteiger partial charge < -0.3 is 15.4 Å². The molecule has 2 N–H and O–H groups in total. The van der Waals surface area contributed by atoms with Crippen LogP contribution in [0.15, 0.2) is 84.0 Å². The van der Waals surface area contributed by atoms with E-state index in [4.69, 9.17) is 4.74 Å². The number of hydrogen-bond donors (Lipinski definition) is 2. The summed E-state index contributed by atoms with van der Waals surface area (Å²) in [4.78, 5) is 29.3. The molecule has 1 atom stereocenters. The van der Waals surface area contributed by atoms with E-state index in [1.54, 1.807) is 42.7 Å². The molecule has 0 radical (unpaired) electrons. The highest BCUT2D eigenvalue weighted by atomic mass is 32.2. The zero-order chi connectivity index (χ0) is 20.5. The maximum absolute atomic E-state index is 12.4. The van der Waals surface area contributed by atoms with Gasteiger partial charge in [0.1, 0.15) is 5.75 Å². The van der Waals surface area contributed by atoms with E-state index in [1.807, 2.05) is 43.3 Å². The summed E-state index contributed by atoms with van der Waals surface area (Å²) >= 11 is 1.41. The Kier molecular flexibility index (Phi) is 7.24. The van der Waals surface area contributed by atoms with Crippen molar-refractivity contribution in [2.24, 2.45) is 0 Å². The number of benzene rings is 2. The largest absolute Gasteiger partial charge is 0.484 e. The molecule has 0 aliphatic rings. The standard InChI is InChI=1S/C22H21N3O3S/c1-16(22(27)25-17-10-12-23-13-11-17)29-20-9-5-6-18(14-20)24-21(26)15-28-19-7-3-2-4-8-19/h2-14,16H,15H2,1H3,(H,24,26)(H,23,25,27). The van der Waals surface area contributed by atoms with Gasteiger partial charge in [-0.1, -0.05) is 24.3 Å².